The van der Waals surface area contributed by atoms with Gasteiger partial charge < -0.3 is 5.73 Å². The van der Waals surface area contributed by atoms with E-state index in [0.717, 1.165) is 21.9 Å². The van der Waals surface area contributed by atoms with E-state index in [9.17, 15) is 0 Å². The fraction of sp³-hybridized carbons (Fsp3) is 0.312. The number of hydrogen-bond acceptors (Lipinski definition) is 4. The summed E-state index contributed by atoms with van der Waals surface area (Å²) in [5.41, 5.74) is 11.4. The second kappa shape index (κ2) is 4.57. The number of hydrogen-bond donors (Lipinski definition) is 1. The maximum Gasteiger partial charge on any atom is 0.127 e. The number of nitrogens with two attached hydrogens (primary N) is 1. The van der Waals surface area contributed by atoms with Crippen molar-refractivity contribution in [3.63, 3.8) is 0 Å². The molecule has 4 rings (SSSR count). The molecule has 102 valence electrons. The summed E-state index contributed by atoms with van der Waals surface area (Å²) >= 11 is 3.54. The zero-order valence-corrected chi connectivity index (χ0v) is 13.0. The number of benzene rings is 1. The summed E-state index contributed by atoms with van der Waals surface area (Å²) < 4.78 is 1.26. The largest absolute Gasteiger partial charge is 0.390 e. The highest BCUT2D eigenvalue weighted by molar-refractivity contribution is 7.22. The molecule has 0 radical (unpaired) electrons. The fourth-order valence-corrected chi connectivity index (χ4v) is 5.37. The first-order valence-electron chi connectivity index (χ1n) is 7.00. The zero-order chi connectivity index (χ0) is 13.7. The molecule has 0 saturated carbocycles. The van der Waals surface area contributed by atoms with E-state index in [-0.39, 0.29) is 0 Å². The number of fused-ring (bicyclic) bond motifs is 2. The first-order chi connectivity index (χ1) is 9.74. The van der Waals surface area contributed by atoms with Crippen molar-refractivity contribution >= 4 is 37.9 Å². The van der Waals surface area contributed by atoms with E-state index in [4.69, 9.17) is 10.7 Å². The number of nitrogen functional groups attached to an aromatic ring is 1. The third-order valence-electron chi connectivity index (χ3n) is 4.03. The molecule has 1 aromatic carbocycles. The number of para-hydroxylation sites is 1. The van der Waals surface area contributed by atoms with Gasteiger partial charge in [0.2, 0.25) is 0 Å². The summed E-state index contributed by atoms with van der Waals surface area (Å²) in [6.07, 6.45) is 4.92. The van der Waals surface area contributed by atoms with Crippen LogP contribution in [0.2, 0.25) is 0 Å². The topological polar surface area (TPSA) is 38.9 Å². The smallest absolute Gasteiger partial charge is 0.127 e. The van der Waals surface area contributed by atoms with Crippen LogP contribution < -0.4 is 5.73 Å². The summed E-state index contributed by atoms with van der Waals surface area (Å²) in [6.45, 7) is 2.12. The molecule has 0 aliphatic heterocycles. The van der Waals surface area contributed by atoms with Crippen LogP contribution in [0.1, 0.15) is 28.8 Å². The Hall–Kier alpha value is -1.39. The molecule has 1 aliphatic carbocycles. The zero-order valence-electron chi connectivity index (χ0n) is 11.4. The molecule has 2 N–H and O–H groups in total. The Kier molecular flexibility index (Phi) is 2.82. The molecule has 0 unspecified atom stereocenters. The van der Waals surface area contributed by atoms with Gasteiger partial charge in [-0.1, -0.05) is 12.1 Å². The molecular weight excluding hydrogens is 284 g/mol. The third-order valence-corrected chi connectivity index (χ3v) is 6.19. The summed E-state index contributed by atoms with van der Waals surface area (Å²) in [6, 6.07) is 6.38. The van der Waals surface area contributed by atoms with Crippen LogP contribution in [-0.2, 0) is 12.8 Å². The van der Waals surface area contributed by atoms with Crippen molar-refractivity contribution < 1.29 is 0 Å². The number of aryl methyl sites for hydroxylation is 2. The molecule has 3 aromatic rings. The predicted octanol–water partition coefficient (Wildman–Crippen LogP) is 4.79. The summed E-state index contributed by atoms with van der Waals surface area (Å²) in [5.74, 6) is 0. The van der Waals surface area contributed by atoms with Crippen LogP contribution in [-0.4, -0.2) is 4.98 Å². The Morgan fingerprint density at radius 3 is 2.85 bits per heavy atom. The molecule has 4 heteroatoms. The van der Waals surface area contributed by atoms with Gasteiger partial charge in [-0.2, -0.15) is 0 Å². The maximum atomic E-state index is 6.30. The molecule has 0 spiro atoms. The number of nitrogens with zero attached hydrogens (tertiary/aromatic N) is 1. The number of thiophene rings is 1. The van der Waals surface area contributed by atoms with Gasteiger partial charge in [0.15, 0.2) is 0 Å². The summed E-state index contributed by atoms with van der Waals surface area (Å²) in [7, 11) is 0. The molecule has 20 heavy (non-hydrogen) atoms. The summed E-state index contributed by atoms with van der Waals surface area (Å²) in [4.78, 5) is 6.35. The Morgan fingerprint density at radius 1 is 1.15 bits per heavy atom. The molecule has 0 amide bonds. The Labute approximate surface area is 126 Å². The molecule has 2 heterocycles. The van der Waals surface area contributed by atoms with Crippen molar-refractivity contribution in [2.75, 3.05) is 5.73 Å². The van der Waals surface area contributed by atoms with Gasteiger partial charge in [0.25, 0.3) is 0 Å². The predicted molar refractivity (Wildman–Crippen MR) is 88.7 cm³/mol. The first-order valence-corrected chi connectivity index (χ1v) is 8.64. The molecular formula is C16H16N2S2. The van der Waals surface area contributed by atoms with Crippen LogP contribution in [0.4, 0.5) is 5.00 Å². The quantitative estimate of drug-likeness (QED) is 0.701. The van der Waals surface area contributed by atoms with Crippen molar-refractivity contribution in [3.8, 4) is 10.6 Å². The molecule has 0 bridgehead atoms. The third kappa shape index (κ3) is 1.79. The van der Waals surface area contributed by atoms with Gasteiger partial charge in [0.05, 0.1) is 15.2 Å². The van der Waals surface area contributed by atoms with E-state index < -0.39 is 0 Å². The van der Waals surface area contributed by atoms with Gasteiger partial charge in [-0.15, -0.1) is 22.7 Å². The number of rotatable bonds is 1. The van der Waals surface area contributed by atoms with Gasteiger partial charge >= 0.3 is 0 Å². The average Bonchev–Trinajstić information content (AvgIpc) is 2.99. The lowest BCUT2D eigenvalue weighted by atomic mass is 9.96. The SMILES string of the molecule is Cc1cccc2sc(-c3c(N)sc4c3CCCC4)nc12. The Bertz CT molecular complexity index is 798. The number of anilines is 1. The minimum absolute atomic E-state index is 0.952. The van der Waals surface area contributed by atoms with Crippen LogP contribution in [0.3, 0.4) is 0 Å². The standard InChI is InChI=1S/C16H16N2S2/c1-9-5-4-8-12-14(9)18-16(20-12)13-10-6-2-3-7-11(10)19-15(13)17/h4-5,8H,2-3,6-7,17H2,1H3. The van der Waals surface area contributed by atoms with Gasteiger partial charge in [0, 0.05) is 10.4 Å². The first kappa shape index (κ1) is 12.4. The highest BCUT2D eigenvalue weighted by atomic mass is 32.1. The second-order valence-corrected chi connectivity index (χ2v) is 7.56. The van der Waals surface area contributed by atoms with E-state index >= 15 is 0 Å². The summed E-state index contributed by atoms with van der Waals surface area (Å²) in [5, 5.41) is 2.06. The minimum Gasteiger partial charge on any atom is -0.390 e. The van der Waals surface area contributed by atoms with E-state index in [1.54, 1.807) is 22.7 Å². The van der Waals surface area contributed by atoms with Crippen molar-refractivity contribution in [1.82, 2.24) is 4.98 Å². The van der Waals surface area contributed by atoms with Gasteiger partial charge in [-0.05, 0) is 49.8 Å². The lowest BCUT2D eigenvalue weighted by molar-refractivity contribution is 0.698. The highest BCUT2D eigenvalue weighted by Gasteiger charge is 2.22. The Morgan fingerprint density at radius 2 is 2.00 bits per heavy atom. The average molecular weight is 300 g/mol. The van der Waals surface area contributed by atoms with E-state index in [2.05, 4.69) is 25.1 Å². The van der Waals surface area contributed by atoms with Gasteiger partial charge in [0.1, 0.15) is 5.01 Å². The second-order valence-electron chi connectivity index (χ2n) is 5.39. The van der Waals surface area contributed by atoms with E-state index in [1.807, 2.05) is 0 Å². The van der Waals surface area contributed by atoms with Crippen LogP contribution in [0.15, 0.2) is 18.2 Å². The number of thiazole rings is 1. The normalized spacial score (nSPS) is 14.7. The van der Waals surface area contributed by atoms with E-state index in [1.165, 1.54) is 45.5 Å². The van der Waals surface area contributed by atoms with Crippen LogP contribution in [0.5, 0.6) is 0 Å². The lowest BCUT2D eigenvalue weighted by Crippen LogP contribution is -1.99. The van der Waals surface area contributed by atoms with Crippen LogP contribution in [0, 0.1) is 6.92 Å². The van der Waals surface area contributed by atoms with Crippen molar-refractivity contribution in [2.24, 2.45) is 0 Å². The van der Waals surface area contributed by atoms with Crippen molar-refractivity contribution in [2.45, 2.75) is 32.6 Å². The van der Waals surface area contributed by atoms with Crippen molar-refractivity contribution in [1.29, 1.82) is 0 Å². The monoisotopic (exact) mass is 300 g/mol. The minimum atomic E-state index is 0.952. The Balaban J connectivity index is 1.95. The lowest BCUT2D eigenvalue weighted by Gasteiger charge is -2.11. The molecule has 1 aliphatic rings. The van der Waals surface area contributed by atoms with Crippen molar-refractivity contribution in [3.05, 3.63) is 34.2 Å². The van der Waals surface area contributed by atoms with Gasteiger partial charge in [-0.25, -0.2) is 4.98 Å². The molecule has 0 atom stereocenters. The molecule has 2 nitrogen and oxygen atoms in total. The van der Waals surface area contributed by atoms with Gasteiger partial charge in [-0.3, -0.25) is 0 Å². The molecule has 2 aromatic heterocycles. The maximum absolute atomic E-state index is 6.30. The fourth-order valence-electron chi connectivity index (χ4n) is 3.01. The highest BCUT2D eigenvalue weighted by Crippen LogP contribution is 2.44. The molecule has 0 saturated heterocycles. The number of aromatic nitrogens is 1. The van der Waals surface area contributed by atoms with E-state index in [0.29, 0.717) is 0 Å². The molecule has 0 fully saturated rings. The van der Waals surface area contributed by atoms with Crippen LogP contribution in [0.25, 0.3) is 20.8 Å². The van der Waals surface area contributed by atoms with Crippen LogP contribution >= 0.6 is 22.7 Å².